The summed E-state index contributed by atoms with van der Waals surface area (Å²) in [5.41, 5.74) is 0. The molecule has 0 aromatic rings. The Morgan fingerprint density at radius 1 is 1.45 bits per heavy atom. The van der Waals surface area contributed by atoms with E-state index in [-0.39, 0.29) is 11.3 Å². The zero-order valence-electron chi connectivity index (χ0n) is 6.79. The van der Waals surface area contributed by atoms with E-state index in [2.05, 4.69) is 10.0 Å². The number of nitrogens with one attached hydrogen (secondary N) is 2. The number of rotatable bonds is 3. The Morgan fingerprint density at radius 3 is 2.27 bits per heavy atom. The molecule has 1 fully saturated rings. The first-order valence-electron chi connectivity index (χ1n) is 3.74. The largest absolute Gasteiger partial charge is 0.314 e. The van der Waals surface area contributed by atoms with Crippen molar-refractivity contribution in [3.05, 3.63) is 0 Å². The smallest absolute Gasteiger partial charge is 0.217 e. The van der Waals surface area contributed by atoms with Gasteiger partial charge in [0.2, 0.25) is 10.0 Å². The molecule has 0 atom stereocenters. The van der Waals surface area contributed by atoms with Crippen LogP contribution in [0.25, 0.3) is 0 Å². The van der Waals surface area contributed by atoms with E-state index in [0.717, 1.165) is 0 Å². The minimum Gasteiger partial charge on any atom is -0.314 e. The summed E-state index contributed by atoms with van der Waals surface area (Å²) in [7, 11) is -3.04. The van der Waals surface area contributed by atoms with Gasteiger partial charge in [-0.25, -0.2) is 13.1 Å². The molecule has 0 bridgehead atoms. The van der Waals surface area contributed by atoms with Crippen molar-refractivity contribution in [1.29, 1.82) is 0 Å². The number of hydrogen-bond donors (Lipinski definition) is 2. The Labute approximate surface area is 67.4 Å². The van der Waals surface area contributed by atoms with Crippen LogP contribution in [0.15, 0.2) is 0 Å². The van der Waals surface area contributed by atoms with Crippen LogP contribution in [0.1, 0.15) is 13.8 Å². The van der Waals surface area contributed by atoms with Gasteiger partial charge in [0.25, 0.3) is 0 Å². The topological polar surface area (TPSA) is 58.2 Å². The van der Waals surface area contributed by atoms with Gasteiger partial charge in [-0.3, -0.25) is 0 Å². The second-order valence-corrected chi connectivity index (χ2v) is 5.09. The normalized spacial score (nSPS) is 20.3. The molecule has 0 radical (unpaired) electrons. The van der Waals surface area contributed by atoms with Gasteiger partial charge in [0, 0.05) is 19.1 Å². The predicted molar refractivity (Wildman–Crippen MR) is 43.8 cm³/mol. The van der Waals surface area contributed by atoms with Gasteiger partial charge >= 0.3 is 0 Å². The van der Waals surface area contributed by atoms with Crippen molar-refractivity contribution < 1.29 is 8.42 Å². The van der Waals surface area contributed by atoms with E-state index in [1.165, 1.54) is 0 Å². The molecule has 66 valence electrons. The zero-order chi connectivity index (χ0) is 8.48. The van der Waals surface area contributed by atoms with E-state index in [1.54, 1.807) is 0 Å². The van der Waals surface area contributed by atoms with E-state index >= 15 is 0 Å². The summed E-state index contributed by atoms with van der Waals surface area (Å²) >= 11 is 0. The fraction of sp³-hybridized carbons (Fsp3) is 1.00. The summed E-state index contributed by atoms with van der Waals surface area (Å²) in [6.45, 7) is 4.82. The highest BCUT2D eigenvalue weighted by Gasteiger charge is 2.30. The van der Waals surface area contributed by atoms with Crippen molar-refractivity contribution in [2.24, 2.45) is 0 Å². The summed E-state index contributed by atoms with van der Waals surface area (Å²) in [4.78, 5) is 0. The van der Waals surface area contributed by atoms with Crippen LogP contribution in [-0.2, 0) is 10.0 Å². The zero-order valence-corrected chi connectivity index (χ0v) is 7.61. The average Bonchev–Trinajstić information content (AvgIpc) is 1.50. The fourth-order valence-electron chi connectivity index (χ4n) is 0.906. The molecule has 11 heavy (non-hydrogen) atoms. The van der Waals surface area contributed by atoms with Gasteiger partial charge in [-0.05, 0) is 13.8 Å². The number of hydrogen-bond acceptors (Lipinski definition) is 3. The summed E-state index contributed by atoms with van der Waals surface area (Å²) in [5.74, 6) is 0. The van der Waals surface area contributed by atoms with Gasteiger partial charge in [-0.1, -0.05) is 0 Å². The predicted octanol–water partition coefficient (Wildman–Crippen LogP) is -0.714. The van der Waals surface area contributed by atoms with E-state index in [0.29, 0.717) is 13.1 Å². The van der Waals surface area contributed by atoms with E-state index in [4.69, 9.17) is 0 Å². The molecule has 0 aromatic heterocycles. The lowest BCUT2D eigenvalue weighted by molar-refractivity contribution is 0.482. The van der Waals surface area contributed by atoms with Crippen LogP contribution in [0, 0.1) is 0 Å². The Kier molecular flexibility index (Phi) is 2.51. The monoisotopic (exact) mass is 178 g/mol. The lowest BCUT2D eigenvalue weighted by atomic mass is 10.3. The summed E-state index contributed by atoms with van der Waals surface area (Å²) in [6, 6.07) is 0.000556. The van der Waals surface area contributed by atoms with Crippen LogP contribution >= 0.6 is 0 Å². The third-order valence-corrected chi connectivity index (χ3v) is 3.59. The first kappa shape index (κ1) is 8.96. The van der Waals surface area contributed by atoms with Crippen LogP contribution in [0.5, 0.6) is 0 Å². The molecule has 1 heterocycles. The van der Waals surface area contributed by atoms with Gasteiger partial charge < -0.3 is 5.32 Å². The highest BCUT2D eigenvalue weighted by Crippen LogP contribution is 2.04. The Morgan fingerprint density at radius 2 is 2.00 bits per heavy atom. The highest BCUT2D eigenvalue weighted by molar-refractivity contribution is 7.90. The van der Waals surface area contributed by atoms with E-state index < -0.39 is 10.0 Å². The van der Waals surface area contributed by atoms with Crippen molar-refractivity contribution in [2.45, 2.75) is 25.1 Å². The van der Waals surface area contributed by atoms with Crippen molar-refractivity contribution in [2.75, 3.05) is 13.1 Å². The SMILES string of the molecule is CC(C)NS(=O)(=O)C1CNC1. The van der Waals surface area contributed by atoms with Crippen LogP contribution in [0.2, 0.25) is 0 Å². The first-order chi connectivity index (χ1) is 5.02. The molecule has 1 aliphatic rings. The molecule has 2 N–H and O–H groups in total. The molecule has 1 rings (SSSR count). The third-order valence-electron chi connectivity index (χ3n) is 1.58. The molecule has 0 spiro atoms. The van der Waals surface area contributed by atoms with Crippen molar-refractivity contribution in [3.63, 3.8) is 0 Å². The Balaban J connectivity index is 2.52. The van der Waals surface area contributed by atoms with Crippen LogP contribution in [0.4, 0.5) is 0 Å². The van der Waals surface area contributed by atoms with Crippen LogP contribution in [0.3, 0.4) is 0 Å². The maximum absolute atomic E-state index is 11.3. The fourth-order valence-corrected chi connectivity index (χ4v) is 2.43. The molecule has 0 saturated carbocycles. The molecule has 1 aliphatic heterocycles. The first-order valence-corrected chi connectivity index (χ1v) is 5.29. The maximum atomic E-state index is 11.3. The van der Waals surface area contributed by atoms with Crippen molar-refractivity contribution >= 4 is 10.0 Å². The average molecular weight is 178 g/mol. The van der Waals surface area contributed by atoms with Crippen LogP contribution < -0.4 is 10.0 Å². The summed E-state index contributed by atoms with van der Waals surface area (Å²) < 4.78 is 25.1. The molecule has 1 saturated heterocycles. The van der Waals surface area contributed by atoms with Gasteiger partial charge in [0.1, 0.15) is 5.25 Å². The molecule has 0 amide bonds. The van der Waals surface area contributed by atoms with Gasteiger partial charge in [0.05, 0.1) is 0 Å². The minimum atomic E-state index is -3.04. The maximum Gasteiger partial charge on any atom is 0.217 e. The standard InChI is InChI=1S/C6H14N2O2S/c1-5(2)8-11(9,10)6-3-7-4-6/h5-8H,3-4H2,1-2H3. The Bertz CT molecular complexity index is 219. The minimum absolute atomic E-state index is 0.000556. The van der Waals surface area contributed by atoms with Gasteiger partial charge in [0.15, 0.2) is 0 Å². The van der Waals surface area contributed by atoms with E-state index in [1.807, 2.05) is 13.8 Å². The highest BCUT2D eigenvalue weighted by atomic mass is 32.2. The second kappa shape index (κ2) is 3.08. The van der Waals surface area contributed by atoms with Gasteiger partial charge in [-0.15, -0.1) is 0 Å². The van der Waals surface area contributed by atoms with Crippen LogP contribution in [-0.4, -0.2) is 32.8 Å². The molecule has 0 aliphatic carbocycles. The molecular formula is C6H14N2O2S. The van der Waals surface area contributed by atoms with Crippen molar-refractivity contribution in [1.82, 2.24) is 10.0 Å². The van der Waals surface area contributed by atoms with Crippen molar-refractivity contribution in [3.8, 4) is 0 Å². The lowest BCUT2D eigenvalue weighted by Crippen LogP contribution is -2.55. The molecular weight excluding hydrogens is 164 g/mol. The molecule has 5 heteroatoms. The molecule has 0 aromatic carbocycles. The summed E-state index contributed by atoms with van der Waals surface area (Å²) in [5, 5.41) is 2.70. The van der Waals surface area contributed by atoms with Gasteiger partial charge in [-0.2, -0.15) is 0 Å². The number of sulfonamides is 1. The molecule has 0 unspecified atom stereocenters. The quantitative estimate of drug-likeness (QED) is 0.600. The second-order valence-electron chi connectivity index (χ2n) is 3.10. The summed E-state index contributed by atoms with van der Waals surface area (Å²) in [6.07, 6.45) is 0. The van der Waals surface area contributed by atoms with E-state index in [9.17, 15) is 8.42 Å². The lowest BCUT2D eigenvalue weighted by Gasteiger charge is -2.27. The molecule has 4 nitrogen and oxygen atoms in total. The third kappa shape index (κ3) is 2.15. The Hall–Kier alpha value is -0.130.